The van der Waals surface area contributed by atoms with Crippen LogP contribution in [0.2, 0.25) is 5.02 Å². The van der Waals surface area contributed by atoms with Gasteiger partial charge in [-0.3, -0.25) is 4.79 Å². The number of aliphatic hydroxyl groups excluding tert-OH is 1. The Bertz CT molecular complexity index is 536. The predicted molar refractivity (Wildman–Crippen MR) is 64.0 cm³/mol. The van der Waals surface area contributed by atoms with Crippen LogP contribution in [-0.2, 0) is 14.3 Å². The van der Waals surface area contributed by atoms with Crippen LogP contribution in [0, 0.1) is 0 Å². The van der Waals surface area contributed by atoms with E-state index in [-0.39, 0.29) is 5.57 Å². The van der Waals surface area contributed by atoms with Crippen molar-refractivity contribution >= 4 is 23.5 Å². The van der Waals surface area contributed by atoms with Crippen molar-refractivity contribution in [3.63, 3.8) is 0 Å². The average molecular weight is 268 g/mol. The third-order valence-electron chi connectivity index (χ3n) is 2.64. The zero-order valence-electron chi connectivity index (χ0n) is 9.44. The van der Waals surface area contributed by atoms with Crippen LogP contribution in [-0.4, -0.2) is 24.1 Å². The fourth-order valence-electron chi connectivity index (χ4n) is 1.76. The minimum atomic E-state index is -0.745. The number of halogens is 1. The molecule has 0 saturated carbocycles. The molecule has 94 valence electrons. The summed E-state index contributed by atoms with van der Waals surface area (Å²) in [5, 5.41) is 12.6. The molecule has 0 aromatic heterocycles. The van der Waals surface area contributed by atoms with Gasteiger partial charge in [-0.25, -0.2) is 4.79 Å². The predicted octanol–water partition coefficient (Wildman–Crippen LogP) is 1.50. The summed E-state index contributed by atoms with van der Waals surface area (Å²) in [5.41, 5.74) is 0.544. The van der Waals surface area contributed by atoms with E-state index in [0.717, 1.165) is 0 Å². The Balaban J connectivity index is 2.42. The molecular weight excluding hydrogens is 258 g/mol. The summed E-state index contributed by atoms with van der Waals surface area (Å²) in [5.74, 6) is -2.05. The molecule has 2 rings (SSSR count). The Morgan fingerprint density at radius 1 is 1.39 bits per heavy atom. The van der Waals surface area contributed by atoms with Crippen LogP contribution in [0.3, 0.4) is 0 Å². The lowest BCUT2D eigenvalue weighted by molar-refractivity contribution is -0.136. The van der Waals surface area contributed by atoms with Crippen LogP contribution in [0.5, 0.6) is 0 Å². The molecule has 0 saturated heterocycles. The second kappa shape index (κ2) is 4.70. The molecule has 0 radical (unpaired) electrons. The summed E-state index contributed by atoms with van der Waals surface area (Å²) in [6.45, 7) is 0. The molecule has 5 nitrogen and oxygen atoms in total. The molecule has 1 aliphatic rings. The van der Waals surface area contributed by atoms with Gasteiger partial charge >= 0.3 is 5.97 Å². The van der Waals surface area contributed by atoms with Crippen LogP contribution in [0.1, 0.15) is 11.6 Å². The molecule has 2 N–H and O–H groups in total. The fraction of sp³-hybridized carbons (Fsp3) is 0.167. The number of carbonyl (C=O) groups excluding carboxylic acids is 2. The molecule has 6 heteroatoms. The molecule has 1 aromatic carbocycles. The zero-order chi connectivity index (χ0) is 13.3. The van der Waals surface area contributed by atoms with Gasteiger partial charge in [0.2, 0.25) is 0 Å². The Labute approximate surface area is 108 Å². The quantitative estimate of drug-likeness (QED) is 0.796. The summed E-state index contributed by atoms with van der Waals surface area (Å²) in [6.07, 6.45) is 0. The highest BCUT2D eigenvalue weighted by Gasteiger charge is 2.37. The number of methoxy groups -OCH3 is 1. The molecule has 1 aliphatic heterocycles. The van der Waals surface area contributed by atoms with E-state index in [1.54, 1.807) is 24.3 Å². The van der Waals surface area contributed by atoms with E-state index in [1.807, 2.05) is 0 Å². The van der Waals surface area contributed by atoms with Crippen molar-refractivity contribution in [1.82, 2.24) is 5.32 Å². The number of rotatable bonds is 2. The second-order valence-electron chi connectivity index (χ2n) is 3.71. The minimum Gasteiger partial charge on any atom is -0.503 e. The summed E-state index contributed by atoms with van der Waals surface area (Å²) in [6, 6.07) is 5.87. The zero-order valence-corrected chi connectivity index (χ0v) is 10.2. The Morgan fingerprint density at radius 2 is 2.00 bits per heavy atom. The third-order valence-corrected chi connectivity index (χ3v) is 2.89. The first-order chi connectivity index (χ1) is 8.54. The standard InChI is InChI=1S/C12H10ClNO4/c1-18-12(17)8-9(14-11(16)10(8)15)6-2-4-7(13)5-3-6/h2-5,9,15H,1H3,(H,14,16). The van der Waals surface area contributed by atoms with Crippen molar-refractivity contribution in [3.05, 3.63) is 46.2 Å². The van der Waals surface area contributed by atoms with E-state index in [9.17, 15) is 14.7 Å². The van der Waals surface area contributed by atoms with E-state index >= 15 is 0 Å². The summed E-state index contributed by atoms with van der Waals surface area (Å²) in [7, 11) is 1.18. The number of esters is 1. The van der Waals surface area contributed by atoms with E-state index in [0.29, 0.717) is 10.6 Å². The molecule has 0 spiro atoms. The van der Waals surface area contributed by atoms with E-state index in [1.165, 1.54) is 7.11 Å². The lowest BCUT2D eigenvalue weighted by atomic mass is 10.0. The van der Waals surface area contributed by atoms with Crippen molar-refractivity contribution in [2.75, 3.05) is 7.11 Å². The first-order valence-electron chi connectivity index (χ1n) is 5.12. The minimum absolute atomic E-state index is 0.0928. The van der Waals surface area contributed by atoms with Gasteiger partial charge in [-0.1, -0.05) is 23.7 Å². The average Bonchev–Trinajstić information content (AvgIpc) is 2.66. The van der Waals surface area contributed by atoms with Crippen LogP contribution >= 0.6 is 11.6 Å². The van der Waals surface area contributed by atoms with Crippen LogP contribution in [0.4, 0.5) is 0 Å². The maximum absolute atomic E-state index is 11.6. The number of benzene rings is 1. The summed E-state index contributed by atoms with van der Waals surface area (Å²) >= 11 is 5.76. The van der Waals surface area contributed by atoms with Crippen molar-refractivity contribution in [3.8, 4) is 0 Å². The highest BCUT2D eigenvalue weighted by molar-refractivity contribution is 6.30. The number of amides is 1. The van der Waals surface area contributed by atoms with Crippen molar-refractivity contribution in [2.45, 2.75) is 6.04 Å². The van der Waals surface area contributed by atoms with Gasteiger partial charge in [0.05, 0.1) is 13.2 Å². The largest absolute Gasteiger partial charge is 0.503 e. The summed E-state index contributed by atoms with van der Waals surface area (Å²) < 4.78 is 4.55. The van der Waals surface area contributed by atoms with E-state index in [4.69, 9.17) is 11.6 Å². The Kier molecular flexibility index (Phi) is 3.25. The first kappa shape index (κ1) is 12.4. The van der Waals surface area contributed by atoms with Gasteiger partial charge in [-0.05, 0) is 17.7 Å². The van der Waals surface area contributed by atoms with Crippen LogP contribution < -0.4 is 5.32 Å². The normalized spacial score (nSPS) is 18.8. The SMILES string of the molecule is COC(=O)C1=C(O)C(=O)NC1c1ccc(Cl)cc1. The first-order valence-corrected chi connectivity index (χ1v) is 5.50. The molecule has 0 fully saturated rings. The lowest BCUT2D eigenvalue weighted by Crippen LogP contribution is -2.23. The van der Waals surface area contributed by atoms with Gasteiger partial charge in [0.15, 0.2) is 5.76 Å². The highest BCUT2D eigenvalue weighted by Crippen LogP contribution is 2.30. The smallest absolute Gasteiger partial charge is 0.340 e. The maximum Gasteiger partial charge on any atom is 0.340 e. The highest BCUT2D eigenvalue weighted by atomic mass is 35.5. The van der Waals surface area contributed by atoms with Crippen LogP contribution in [0.25, 0.3) is 0 Å². The molecule has 1 aromatic rings. The fourth-order valence-corrected chi connectivity index (χ4v) is 1.89. The monoisotopic (exact) mass is 267 g/mol. The maximum atomic E-state index is 11.6. The molecule has 1 amide bonds. The van der Waals surface area contributed by atoms with Gasteiger partial charge in [0.25, 0.3) is 5.91 Å². The van der Waals surface area contributed by atoms with Crippen molar-refractivity contribution in [2.24, 2.45) is 0 Å². The molecule has 1 heterocycles. The Hall–Kier alpha value is -2.01. The van der Waals surface area contributed by atoms with E-state index < -0.39 is 23.7 Å². The number of carbonyl (C=O) groups is 2. The number of hydrogen-bond donors (Lipinski definition) is 2. The molecule has 0 bridgehead atoms. The molecular formula is C12H10ClNO4. The molecule has 0 aliphatic carbocycles. The van der Waals surface area contributed by atoms with E-state index in [2.05, 4.69) is 10.1 Å². The van der Waals surface area contributed by atoms with Gasteiger partial charge in [0, 0.05) is 5.02 Å². The van der Waals surface area contributed by atoms with Crippen LogP contribution in [0.15, 0.2) is 35.6 Å². The number of ether oxygens (including phenoxy) is 1. The molecule has 1 atom stereocenters. The Morgan fingerprint density at radius 3 is 2.56 bits per heavy atom. The van der Waals surface area contributed by atoms with Gasteiger partial charge in [-0.2, -0.15) is 0 Å². The lowest BCUT2D eigenvalue weighted by Gasteiger charge is -2.13. The molecule has 18 heavy (non-hydrogen) atoms. The van der Waals surface area contributed by atoms with Gasteiger partial charge in [0.1, 0.15) is 5.57 Å². The van der Waals surface area contributed by atoms with Gasteiger partial charge in [-0.15, -0.1) is 0 Å². The molecule has 1 unspecified atom stereocenters. The number of nitrogens with one attached hydrogen (secondary N) is 1. The topological polar surface area (TPSA) is 75.6 Å². The van der Waals surface area contributed by atoms with Crippen molar-refractivity contribution < 1.29 is 19.4 Å². The number of aliphatic hydroxyl groups is 1. The summed E-state index contributed by atoms with van der Waals surface area (Å²) in [4.78, 5) is 23.0. The third kappa shape index (κ3) is 2.04. The number of hydrogen-bond acceptors (Lipinski definition) is 4. The van der Waals surface area contributed by atoms with Gasteiger partial charge < -0.3 is 15.2 Å². The van der Waals surface area contributed by atoms with Crippen molar-refractivity contribution in [1.29, 1.82) is 0 Å². The second-order valence-corrected chi connectivity index (χ2v) is 4.15.